The van der Waals surface area contributed by atoms with Crippen LogP contribution in [0.3, 0.4) is 0 Å². The van der Waals surface area contributed by atoms with E-state index in [-0.39, 0.29) is 0 Å². The van der Waals surface area contributed by atoms with Gasteiger partial charge in [-0.1, -0.05) is 18.2 Å². The molecule has 1 aromatic heterocycles. The summed E-state index contributed by atoms with van der Waals surface area (Å²) >= 11 is 1.74. The van der Waals surface area contributed by atoms with Crippen LogP contribution < -0.4 is 0 Å². The van der Waals surface area contributed by atoms with Crippen LogP contribution in [0.15, 0.2) is 65.6 Å². The van der Waals surface area contributed by atoms with Gasteiger partial charge in [0, 0.05) is 30.4 Å². The highest BCUT2D eigenvalue weighted by Crippen LogP contribution is 2.33. The van der Waals surface area contributed by atoms with Crippen LogP contribution in [0.5, 0.6) is 0 Å². The predicted molar refractivity (Wildman–Crippen MR) is 105 cm³/mol. The summed E-state index contributed by atoms with van der Waals surface area (Å²) in [4.78, 5) is 7.12. The molecule has 0 spiro atoms. The van der Waals surface area contributed by atoms with Gasteiger partial charge in [-0.05, 0) is 50.1 Å². The van der Waals surface area contributed by atoms with Gasteiger partial charge in [0.25, 0.3) is 0 Å². The normalized spacial score (nSPS) is 16.9. The largest absolute Gasteiger partial charge is 0.488 e. The van der Waals surface area contributed by atoms with Crippen LogP contribution in [0, 0.1) is 0 Å². The molecule has 0 radical (unpaired) electrons. The van der Waals surface area contributed by atoms with E-state index in [9.17, 15) is 0 Å². The van der Waals surface area contributed by atoms with Crippen molar-refractivity contribution in [2.24, 2.45) is 0 Å². The Morgan fingerprint density at radius 1 is 1.16 bits per heavy atom. The molecule has 0 saturated heterocycles. The zero-order valence-electron chi connectivity index (χ0n) is 14.7. The van der Waals surface area contributed by atoms with E-state index in [1.807, 2.05) is 6.07 Å². The van der Waals surface area contributed by atoms with E-state index < -0.39 is 0 Å². The minimum Gasteiger partial charge on any atom is -0.488 e. The van der Waals surface area contributed by atoms with E-state index in [0.717, 1.165) is 35.8 Å². The SMILES string of the molecule is CCN(CC)C1=CC2=C(C=C(c3nc4ccccc4s3)CO2)CC=C1. The second kappa shape index (κ2) is 6.89. The summed E-state index contributed by atoms with van der Waals surface area (Å²) in [6.45, 7) is 6.96. The van der Waals surface area contributed by atoms with Crippen LogP contribution in [-0.2, 0) is 4.74 Å². The highest BCUT2D eigenvalue weighted by Gasteiger charge is 2.19. The molecule has 4 rings (SSSR count). The fourth-order valence-corrected chi connectivity index (χ4v) is 4.24. The lowest BCUT2D eigenvalue weighted by Gasteiger charge is -2.23. The number of para-hydroxylation sites is 1. The van der Waals surface area contributed by atoms with Crippen molar-refractivity contribution >= 4 is 27.1 Å². The first-order valence-electron chi connectivity index (χ1n) is 8.84. The first-order chi connectivity index (χ1) is 12.3. The van der Waals surface area contributed by atoms with Crippen LogP contribution in [0.25, 0.3) is 15.8 Å². The fraction of sp³-hybridized carbons (Fsp3) is 0.286. The topological polar surface area (TPSA) is 25.4 Å². The molecule has 0 unspecified atom stereocenters. The Kier molecular flexibility index (Phi) is 4.45. The van der Waals surface area contributed by atoms with Crippen LogP contribution in [-0.4, -0.2) is 29.6 Å². The number of allylic oxidation sites excluding steroid dienone is 5. The van der Waals surface area contributed by atoms with Gasteiger partial charge in [-0.15, -0.1) is 11.3 Å². The van der Waals surface area contributed by atoms with Crippen LogP contribution in [0.4, 0.5) is 0 Å². The van der Waals surface area contributed by atoms with E-state index in [1.54, 1.807) is 11.3 Å². The number of aromatic nitrogens is 1. The molecule has 0 amide bonds. The summed E-state index contributed by atoms with van der Waals surface area (Å²) in [5.41, 5.74) is 4.70. The van der Waals surface area contributed by atoms with Gasteiger partial charge in [-0.25, -0.2) is 4.98 Å². The molecule has 0 bridgehead atoms. The van der Waals surface area contributed by atoms with E-state index in [2.05, 4.69) is 61.3 Å². The Morgan fingerprint density at radius 2 is 2.00 bits per heavy atom. The number of likely N-dealkylation sites (N-methyl/N-ethyl adjacent to an activating group) is 1. The summed E-state index contributed by atoms with van der Waals surface area (Å²) in [6, 6.07) is 8.29. The molecule has 0 N–H and O–H groups in total. The maximum absolute atomic E-state index is 6.13. The van der Waals surface area contributed by atoms with Crippen LogP contribution >= 0.6 is 11.3 Å². The monoisotopic (exact) mass is 350 g/mol. The smallest absolute Gasteiger partial charge is 0.125 e. The van der Waals surface area contributed by atoms with Crippen molar-refractivity contribution in [2.45, 2.75) is 20.3 Å². The third kappa shape index (κ3) is 3.14. The molecule has 0 saturated carbocycles. The standard InChI is InChI=1S/C21H22N2OS/c1-3-23(4-2)17-9-7-8-15-12-16(14-24-19(15)13-17)21-22-18-10-5-6-11-20(18)25-21/h5-7,9-13H,3-4,8,14H2,1-2H3. The van der Waals surface area contributed by atoms with E-state index in [4.69, 9.17) is 9.72 Å². The maximum atomic E-state index is 6.13. The van der Waals surface area contributed by atoms with Crippen molar-refractivity contribution in [3.63, 3.8) is 0 Å². The molecule has 2 heterocycles. The molecule has 0 fully saturated rings. The molecule has 2 aromatic rings. The Balaban J connectivity index is 1.69. The summed E-state index contributed by atoms with van der Waals surface area (Å²) in [6.07, 6.45) is 9.78. The minimum absolute atomic E-state index is 0.584. The van der Waals surface area contributed by atoms with Gasteiger partial charge in [-0.2, -0.15) is 0 Å². The van der Waals surface area contributed by atoms with Crippen molar-refractivity contribution in [3.05, 3.63) is 70.6 Å². The highest BCUT2D eigenvalue weighted by atomic mass is 32.1. The number of fused-ring (bicyclic) bond motifs is 1. The molecule has 25 heavy (non-hydrogen) atoms. The van der Waals surface area contributed by atoms with Gasteiger partial charge < -0.3 is 9.64 Å². The third-order valence-electron chi connectivity index (χ3n) is 4.65. The van der Waals surface area contributed by atoms with E-state index in [1.165, 1.54) is 21.5 Å². The number of ether oxygens (including phenoxy) is 1. The van der Waals surface area contributed by atoms with Crippen molar-refractivity contribution in [2.75, 3.05) is 19.7 Å². The predicted octanol–water partition coefficient (Wildman–Crippen LogP) is 5.15. The molecule has 1 aromatic carbocycles. The van der Waals surface area contributed by atoms with Crippen molar-refractivity contribution < 1.29 is 4.74 Å². The minimum atomic E-state index is 0.584. The second-order valence-corrected chi connectivity index (χ2v) is 7.21. The lowest BCUT2D eigenvalue weighted by atomic mass is 10.1. The molecule has 1 aliphatic carbocycles. The number of hydrogen-bond acceptors (Lipinski definition) is 4. The van der Waals surface area contributed by atoms with Crippen molar-refractivity contribution in [1.29, 1.82) is 0 Å². The molecular formula is C21H22N2OS. The highest BCUT2D eigenvalue weighted by molar-refractivity contribution is 7.19. The molecule has 0 atom stereocenters. The van der Waals surface area contributed by atoms with Crippen molar-refractivity contribution in [1.82, 2.24) is 9.88 Å². The van der Waals surface area contributed by atoms with Gasteiger partial charge in [-0.3, -0.25) is 0 Å². The molecule has 3 nitrogen and oxygen atoms in total. The summed E-state index contributed by atoms with van der Waals surface area (Å²) in [5, 5.41) is 1.06. The quantitative estimate of drug-likeness (QED) is 0.762. The first-order valence-corrected chi connectivity index (χ1v) is 9.65. The Bertz CT molecular complexity index is 880. The number of thiazole rings is 1. The number of hydrogen-bond donors (Lipinski definition) is 0. The van der Waals surface area contributed by atoms with Gasteiger partial charge >= 0.3 is 0 Å². The Labute approximate surface area is 152 Å². The average molecular weight is 350 g/mol. The maximum Gasteiger partial charge on any atom is 0.125 e. The van der Waals surface area contributed by atoms with E-state index in [0.29, 0.717) is 6.61 Å². The summed E-state index contributed by atoms with van der Waals surface area (Å²) in [5.74, 6) is 0.997. The third-order valence-corrected chi connectivity index (χ3v) is 5.76. The van der Waals surface area contributed by atoms with Crippen molar-refractivity contribution in [3.8, 4) is 0 Å². The van der Waals surface area contributed by atoms with Crippen LogP contribution in [0.2, 0.25) is 0 Å². The zero-order valence-corrected chi connectivity index (χ0v) is 15.5. The van der Waals surface area contributed by atoms with Crippen LogP contribution in [0.1, 0.15) is 25.3 Å². The molecule has 4 heteroatoms. The number of benzene rings is 1. The first kappa shape index (κ1) is 16.2. The summed E-state index contributed by atoms with van der Waals surface area (Å²) in [7, 11) is 0. The Morgan fingerprint density at radius 3 is 2.80 bits per heavy atom. The molecule has 1 aliphatic heterocycles. The molecule has 128 valence electrons. The van der Waals surface area contributed by atoms with Gasteiger partial charge in [0.2, 0.25) is 0 Å². The number of nitrogens with zero attached hydrogens (tertiary/aromatic N) is 2. The van der Waals surface area contributed by atoms with Gasteiger partial charge in [0.15, 0.2) is 0 Å². The number of rotatable bonds is 4. The lowest BCUT2D eigenvalue weighted by molar-refractivity contribution is 0.258. The molecular weight excluding hydrogens is 328 g/mol. The lowest BCUT2D eigenvalue weighted by Crippen LogP contribution is -2.21. The second-order valence-electron chi connectivity index (χ2n) is 6.18. The molecule has 2 aliphatic rings. The van der Waals surface area contributed by atoms with E-state index >= 15 is 0 Å². The average Bonchev–Trinajstić information content (AvgIpc) is 2.96. The van der Waals surface area contributed by atoms with Gasteiger partial charge in [0.05, 0.1) is 10.2 Å². The fourth-order valence-electron chi connectivity index (χ4n) is 3.27. The Hall–Kier alpha value is -2.33. The summed E-state index contributed by atoms with van der Waals surface area (Å²) < 4.78 is 7.35. The van der Waals surface area contributed by atoms with Gasteiger partial charge in [0.1, 0.15) is 17.4 Å². The zero-order chi connectivity index (χ0) is 17.2.